The standard InChI is InChI=1S/C20H20N2O3S/c1-12-6-7-16-14(9-12)15(10-13(2)21-16)20(24)22-17(11-19(23)25-3)18-5-4-8-26-18/h4-10,17H,11H2,1-3H3,(H,22,24). The molecule has 0 saturated carbocycles. The topological polar surface area (TPSA) is 68.3 Å². The third kappa shape index (κ3) is 3.91. The second-order valence-electron chi connectivity index (χ2n) is 6.15. The molecule has 2 aromatic heterocycles. The van der Waals surface area contributed by atoms with Crippen molar-refractivity contribution < 1.29 is 14.3 Å². The van der Waals surface area contributed by atoms with Crippen LogP contribution in [0.4, 0.5) is 0 Å². The van der Waals surface area contributed by atoms with Gasteiger partial charge in [-0.2, -0.15) is 0 Å². The number of benzene rings is 1. The van der Waals surface area contributed by atoms with Crippen molar-refractivity contribution >= 4 is 34.1 Å². The first-order valence-electron chi connectivity index (χ1n) is 8.27. The Morgan fingerprint density at radius 2 is 2.04 bits per heavy atom. The predicted molar refractivity (Wildman–Crippen MR) is 102 cm³/mol. The number of nitrogens with one attached hydrogen (secondary N) is 1. The van der Waals surface area contributed by atoms with Crippen LogP contribution in [0.15, 0.2) is 41.8 Å². The van der Waals surface area contributed by atoms with E-state index in [1.165, 1.54) is 18.4 Å². The molecular formula is C20H20N2O3S. The zero-order valence-corrected chi connectivity index (χ0v) is 15.7. The minimum absolute atomic E-state index is 0.0871. The van der Waals surface area contributed by atoms with Crippen molar-refractivity contribution in [2.24, 2.45) is 0 Å². The van der Waals surface area contributed by atoms with Gasteiger partial charge in [-0.15, -0.1) is 11.3 Å². The summed E-state index contributed by atoms with van der Waals surface area (Å²) < 4.78 is 4.78. The van der Waals surface area contributed by atoms with E-state index in [9.17, 15) is 9.59 Å². The molecule has 1 amide bonds. The van der Waals surface area contributed by atoms with Gasteiger partial charge in [0.05, 0.1) is 30.7 Å². The molecule has 6 heteroatoms. The maximum absolute atomic E-state index is 13.0. The van der Waals surface area contributed by atoms with Gasteiger partial charge in [-0.05, 0) is 43.5 Å². The molecular weight excluding hydrogens is 348 g/mol. The van der Waals surface area contributed by atoms with Crippen LogP contribution < -0.4 is 5.32 Å². The van der Waals surface area contributed by atoms with E-state index in [0.29, 0.717) is 5.56 Å². The first kappa shape index (κ1) is 18.1. The van der Waals surface area contributed by atoms with E-state index in [0.717, 1.165) is 27.0 Å². The monoisotopic (exact) mass is 368 g/mol. The molecule has 0 aliphatic carbocycles. The number of thiophene rings is 1. The highest BCUT2D eigenvalue weighted by Crippen LogP contribution is 2.25. The summed E-state index contributed by atoms with van der Waals surface area (Å²) in [6.07, 6.45) is 0.0871. The van der Waals surface area contributed by atoms with E-state index in [1.807, 2.05) is 49.6 Å². The van der Waals surface area contributed by atoms with Crippen molar-refractivity contribution in [3.8, 4) is 0 Å². The fraction of sp³-hybridized carbons (Fsp3) is 0.250. The van der Waals surface area contributed by atoms with Gasteiger partial charge in [-0.3, -0.25) is 14.6 Å². The van der Waals surface area contributed by atoms with Crippen molar-refractivity contribution in [3.63, 3.8) is 0 Å². The normalized spacial score (nSPS) is 12.0. The number of pyridine rings is 1. The highest BCUT2D eigenvalue weighted by atomic mass is 32.1. The molecule has 134 valence electrons. The number of hydrogen-bond acceptors (Lipinski definition) is 5. The third-order valence-corrected chi connectivity index (χ3v) is 5.11. The van der Waals surface area contributed by atoms with Gasteiger partial charge < -0.3 is 10.1 Å². The molecule has 2 heterocycles. The molecule has 1 atom stereocenters. The largest absolute Gasteiger partial charge is 0.469 e. The molecule has 1 unspecified atom stereocenters. The Kier molecular flexibility index (Phi) is 5.32. The van der Waals surface area contributed by atoms with Crippen LogP contribution in [0.5, 0.6) is 0 Å². The lowest BCUT2D eigenvalue weighted by atomic mass is 10.0. The number of nitrogens with zero attached hydrogens (tertiary/aromatic N) is 1. The maximum atomic E-state index is 13.0. The summed E-state index contributed by atoms with van der Waals surface area (Å²) in [6, 6.07) is 11.0. The zero-order chi connectivity index (χ0) is 18.7. The minimum Gasteiger partial charge on any atom is -0.469 e. The van der Waals surface area contributed by atoms with Crippen LogP contribution in [0.1, 0.15) is 39.0 Å². The van der Waals surface area contributed by atoms with Gasteiger partial charge in [0, 0.05) is 16.0 Å². The van der Waals surface area contributed by atoms with Crippen LogP contribution in [0.25, 0.3) is 10.9 Å². The Bertz CT molecular complexity index is 951. The van der Waals surface area contributed by atoms with Gasteiger partial charge in [0.2, 0.25) is 0 Å². The zero-order valence-electron chi connectivity index (χ0n) is 14.9. The SMILES string of the molecule is COC(=O)CC(NC(=O)c1cc(C)nc2ccc(C)cc12)c1cccs1. The first-order chi connectivity index (χ1) is 12.5. The molecule has 0 aliphatic heterocycles. The van der Waals surface area contributed by atoms with Crippen LogP contribution in [0, 0.1) is 13.8 Å². The van der Waals surface area contributed by atoms with Gasteiger partial charge in [0.15, 0.2) is 0 Å². The van der Waals surface area contributed by atoms with Crippen molar-refractivity contribution in [1.82, 2.24) is 10.3 Å². The molecule has 0 spiro atoms. The smallest absolute Gasteiger partial charge is 0.307 e. The number of ether oxygens (including phenoxy) is 1. The summed E-state index contributed by atoms with van der Waals surface area (Å²) in [5, 5.41) is 5.70. The van der Waals surface area contributed by atoms with Crippen LogP contribution in [-0.4, -0.2) is 24.0 Å². The number of carbonyl (C=O) groups is 2. The van der Waals surface area contributed by atoms with E-state index in [4.69, 9.17) is 4.74 Å². The van der Waals surface area contributed by atoms with Gasteiger partial charge in [-0.25, -0.2) is 0 Å². The molecule has 5 nitrogen and oxygen atoms in total. The Morgan fingerprint density at radius 3 is 2.73 bits per heavy atom. The number of aromatic nitrogens is 1. The van der Waals surface area contributed by atoms with Crippen LogP contribution >= 0.6 is 11.3 Å². The van der Waals surface area contributed by atoms with Crippen LogP contribution in [0.3, 0.4) is 0 Å². The van der Waals surface area contributed by atoms with Crippen molar-refractivity contribution in [3.05, 3.63) is 63.5 Å². The Labute approximate surface area is 156 Å². The van der Waals surface area contributed by atoms with E-state index >= 15 is 0 Å². The van der Waals surface area contributed by atoms with Crippen molar-refractivity contribution in [1.29, 1.82) is 0 Å². The number of methoxy groups -OCH3 is 1. The quantitative estimate of drug-likeness (QED) is 0.693. The van der Waals surface area contributed by atoms with E-state index < -0.39 is 6.04 Å². The van der Waals surface area contributed by atoms with Crippen molar-refractivity contribution in [2.45, 2.75) is 26.3 Å². The molecule has 3 rings (SSSR count). The fourth-order valence-corrected chi connectivity index (χ4v) is 3.64. The Hall–Kier alpha value is -2.73. The lowest BCUT2D eigenvalue weighted by molar-refractivity contribution is -0.141. The average Bonchev–Trinajstić information content (AvgIpc) is 3.15. The van der Waals surface area contributed by atoms with Crippen molar-refractivity contribution in [2.75, 3.05) is 7.11 Å². The summed E-state index contributed by atoms with van der Waals surface area (Å²) >= 11 is 1.50. The number of esters is 1. The van der Waals surface area contributed by atoms with E-state index in [2.05, 4.69) is 10.3 Å². The summed E-state index contributed by atoms with van der Waals surface area (Å²) in [5.74, 6) is -0.594. The first-order valence-corrected chi connectivity index (χ1v) is 9.15. The minimum atomic E-state index is -0.428. The summed E-state index contributed by atoms with van der Waals surface area (Å²) in [6.45, 7) is 3.84. The number of fused-ring (bicyclic) bond motifs is 1. The van der Waals surface area contributed by atoms with Crippen LogP contribution in [0.2, 0.25) is 0 Å². The van der Waals surface area contributed by atoms with E-state index in [-0.39, 0.29) is 18.3 Å². The lowest BCUT2D eigenvalue weighted by Gasteiger charge is -2.17. The van der Waals surface area contributed by atoms with E-state index in [1.54, 1.807) is 6.07 Å². The Balaban J connectivity index is 1.96. The second kappa shape index (κ2) is 7.66. The summed E-state index contributed by atoms with van der Waals surface area (Å²) in [4.78, 5) is 30.2. The van der Waals surface area contributed by atoms with Gasteiger partial charge in [-0.1, -0.05) is 17.7 Å². The number of carbonyl (C=O) groups excluding carboxylic acids is 2. The highest BCUT2D eigenvalue weighted by Gasteiger charge is 2.22. The maximum Gasteiger partial charge on any atom is 0.307 e. The Morgan fingerprint density at radius 1 is 1.23 bits per heavy atom. The van der Waals surface area contributed by atoms with Crippen LogP contribution in [-0.2, 0) is 9.53 Å². The predicted octanol–water partition coefficient (Wildman–Crippen LogP) is 3.95. The highest BCUT2D eigenvalue weighted by molar-refractivity contribution is 7.10. The molecule has 1 N–H and O–H groups in total. The number of hydrogen-bond donors (Lipinski definition) is 1. The van der Waals surface area contributed by atoms with Gasteiger partial charge in [0.25, 0.3) is 5.91 Å². The second-order valence-corrected chi connectivity index (χ2v) is 7.13. The van der Waals surface area contributed by atoms with Gasteiger partial charge >= 0.3 is 5.97 Å². The number of aryl methyl sites for hydroxylation is 2. The fourth-order valence-electron chi connectivity index (χ4n) is 2.86. The lowest BCUT2D eigenvalue weighted by Crippen LogP contribution is -2.30. The molecule has 0 aliphatic rings. The molecule has 26 heavy (non-hydrogen) atoms. The van der Waals surface area contributed by atoms with Gasteiger partial charge in [0.1, 0.15) is 0 Å². The summed E-state index contributed by atoms with van der Waals surface area (Å²) in [7, 11) is 1.35. The molecule has 0 bridgehead atoms. The summed E-state index contributed by atoms with van der Waals surface area (Å²) in [5.41, 5.74) is 3.16. The molecule has 0 radical (unpaired) electrons. The average molecular weight is 368 g/mol. The molecule has 3 aromatic rings. The number of rotatable bonds is 5. The third-order valence-electron chi connectivity index (χ3n) is 4.13. The molecule has 0 saturated heterocycles. The molecule has 0 fully saturated rings. The number of amides is 1. The molecule has 1 aromatic carbocycles.